The van der Waals surface area contributed by atoms with Crippen LogP contribution in [0.15, 0.2) is 39.8 Å². The van der Waals surface area contributed by atoms with Crippen molar-refractivity contribution in [2.45, 2.75) is 24.4 Å². The molecule has 1 heterocycles. The number of halogens is 1. The first kappa shape index (κ1) is 15.1. The van der Waals surface area contributed by atoms with E-state index in [0.29, 0.717) is 10.6 Å². The molecule has 1 atom stereocenters. The molecule has 2 N–H and O–H groups in total. The van der Waals surface area contributed by atoms with E-state index in [0.717, 1.165) is 4.47 Å². The summed E-state index contributed by atoms with van der Waals surface area (Å²) in [5.41, 5.74) is 6.32. The third-order valence-electron chi connectivity index (χ3n) is 2.78. The van der Waals surface area contributed by atoms with E-state index in [1.54, 1.807) is 37.4 Å². The molecule has 0 saturated heterocycles. The van der Waals surface area contributed by atoms with Gasteiger partial charge in [0.05, 0.1) is 29.1 Å². The Kier molecular flexibility index (Phi) is 4.56. The van der Waals surface area contributed by atoms with Gasteiger partial charge in [-0.05, 0) is 31.2 Å². The lowest BCUT2D eigenvalue weighted by atomic mass is 10.3. The number of aromatic nitrogens is 3. The summed E-state index contributed by atoms with van der Waals surface area (Å²) in [4.78, 5) is 0.299. The quantitative estimate of drug-likeness (QED) is 0.874. The summed E-state index contributed by atoms with van der Waals surface area (Å²) in [6.45, 7) is 2.05. The Bertz CT molecular complexity index is 680. The molecule has 1 aromatic carbocycles. The van der Waals surface area contributed by atoms with E-state index in [1.807, 2.05) is 0 Å². The number of aryl methyl sites for hydroxylation is 1. The van der Waals surface area contributed by atoms with Crippen LogP contribution in [0.2, 0.25) is 0 Å². The lowest BCUT2D eigenvalue weighted by molar-refractivity contribution is 0.575. The van der Waals surface area contributed by atoms with Gasteiger partial charge in [0.1, 0.15) is 0 Å². The monoisotopic (exact) mass is 358 g/mol. The first-order valence-corrected chi connectivity index (χ1v) is 8.47. The molecule has 6 nitrogen and oxygen atoms in total. The van der Waals surface area contributed by atoms with Crippen LogP contribution in [0.1, 0.15) is 18.7 Å². The van der Waals surface area contributed by atoms with Gasteiger partial charge in [-0.1, -0.05) is 21.1 Å². The molecule has 0 amide bonds. The molecule has 8 heteroatoms. The summed E-state index contributed by atoms with van der Waals surface area (Å²) in [5.74, 6) is -0.0314. The second kappa shape index (κ2) is 6.02. The first-order chi connectivity index (χ1) is 9.38. The van der Waals surface area contributed by atoms with Crippen molar-refractivity contribution in [1.82, 2.24) is 15.0 Å². The van der Waals surface area contributed by atoms with Crippen molar-refractivity contribution < 1.29 is 8.42 Å². The number of benzene rings is 1. The number of hydrogen-bond acceptors (Lipinski definition) is 5. The van der Waals surface area contributed by atoms with Gasteiger partial charge in [-0.15, -0.1) is 5.10 Å². The fourth-order valence-corrected chi connectivity index (χ4v) is 3.08. The van der Waals surface area contributed by atoms with Crippen LogP contribution < -0.4 is 5.73 Å². The average Bonchev–Trinajstić information content (AvgIpc) is 2.86. The maximum absolute atomic E-state index is 12.2. The predicted molar refractivity (Wildman–Crippen MR) is 78.8 cm³/mol. The Balaban J connectivity index is 2.07. The Morgan fingerprint density at radius 3 is 2.55 bits per heavy atom. The second-order valence-corrected chi connectivity index (χ2v) is 7.49. The van der Waals surface area contributed by atoms with Crippen molar-refractivity contribution in [3.05, 3.63) is 40.6 Å². The molecule has 0 aliphatic rings. The summed E-state index contributed by atoms with van der Waals surface area (Å²) in [5, 5.41) is 7.75. The molecule has 2 rings (SSSR count). The van der Waals surface area contributed by atoms with E-state index >= 15 is 0 Å². The predicted octanol–water partition coefficient (Wildman–Crippen LogP) is 1.53. The van der Waals surface area contributed by atoms with Crippen molar-refractivity contribution >= 4 is 25.8 Å². The largest absolute Gasteiger partial charge is 0.323 e. The van der Waals surface area contributed by atoms with Crippen molar-refractivity contribution in [2.75, 3.05) is 5.75 Å². The molecule has 0 bridgehead atoms. The summed E-state index contributed by atoms with van der Waals surface area (Å²) in [6, 6.07) is 6.35. The maximum atomic E-state index is 12.2. The molecule has 0 aliphatic heterocycles. The molecule has 1 aromatic heterocycles. The summed E-state index contributed by atoms with van der Waals surface area (Å²) >= 11 is 3.28. The molecule has 20 heavy (non-hydrogen) atoms. The van der Waals surface area contributed by atoms with Gasteiger partial charge in [-0.2, -0.15) is 0 Å². The van der Waals surface area contributed by atoms with E-state index in [1.165, 1.54) is 4.68 Å². The van der Waals surface area contributed by atoms with E-state index in [2.05, 4.69) is 26.2 Å². The fraction of sp³-hybridized carbons (Fsp3) is 0.333. The molecular weight excluding hydrogens is 344 g/mol. The van der Waals surface area contributed by atoms with Crippen LogP contribution in [0, 0.1) is 0 Å². The van der Waals surface area contributed by atoms with Crippen molar-refractivity contribution in [1.29, 1.82) is 0 Å². The average molecular weight is 359 g/mol. The third kappa shape index (κ3) is 3.65. The minimum absolute atomic E-state index is 0.0314. The standard InChI is InChI=1S/C12H15BrN4O2S/c1-9(14)12-8-17(16-15-12)6-7-20(18,19)11-4-2-10(13)3-5-11/h2-5,8-9H,6-7,14H2,1H3. The van der Waals surface area contributed by atoms with Gasteiger partial charge in [0.2, 0.25) is 0 Å². The summed E-state index contributed by atoms with van der Waals surface area (Å²) in [7, 11) is -3.33. The molecule has 1 unspecified atom stereocenters. The van der Waals surface area contributed by atoms with E-state index in [9.17, 15) is 8.42 Å². The zero-order valence-electron chi connectivity index (χ0n) is 10.9. The molecule has 0 saturated carbocycles. The van der Waals surface area contributed by atoms with Gasteiger partial charge in [-0.3, -0.25) is 4.68 Å². The highest BCUT2D eigenvalue weighted by molar-refractivity contribution is 9.10. The second-order valence-electron chi connectivity index (χ2n) is 4.47. The maximum Gasteiger partial charge on any atom is 0.180 e. The van der Waals surface area contributed by atoms with E-state index in [-0.39, 0.29) is 18.3 Å². The van der Waals surface area contributed by atoms with Crippen LogP contribution in [0.3, 0.4) is 0 Å². The van der Waals surface area contributed by atoms with Crippen LogP contribution >= 0.6 is 15.9 Å². The first-order valence-electron chi connectivity index (χ1n) is 6.02. The third-order valence-corrected chi connectivity index (χ3v) is 5.02. The van der Waals surface area contributed by atoms with Crippen molar-refractivity contribution in [3.8, 4) is 0 Å². The van der Waals surface area contributed by atoms with Crippen LogP contribution in [-0.4, -0.2) is 29.2 Å². The van der Waals surface area contributed by atoms with Crippen LogP contribution in [0.4, 0.5) is 0 Å². The van der Waals surface area contributed by atoms with Crippen LogP contribution in [-0.2, 0) is 16.4 Å². The van der Waals surface area contributed by atoms with Gasteiger partial charge in [0.25, 0.3) is 0 Å². The smallest absolute Gasteiger partial charge is 0.180 e. The Morgan fingerprint density at radius 1 is 1.35 bits per heavy atom. The molecule has 0 spiro atoms. The minimum atomic E-state index is -3.33. The number of nitrogens with zero attached hydrogens (tertiary/aromatic N) is 3. The van der Waals surface area contributed by atoms with E-state index < -0.39 is 9.84 Å². The molecule has 108 valence electrons. The highest BCUT2D eigenvalue weighted by Crippen LogP contribution is 2.16. The van der Waals surface area contributed by atoms with Crippen molar-refractivity contribution in [3.63, 3.8) is 0 Å². The highest BCUT2D eigenvalue weighted by Gasteiger charge is 2.15. The molecule has 2 aromatic rings. The Morgan fingerprint density at radius 2 is 2.00 bits per heavy atom. The number of nitrogens with two attached hydrogens (primary N) is 1. The topological polar surface area (TPSA) is 90.9 Å². The van der Waals surface area contributed by atoms with Gasteiger partial charge in [-0.25, -0.2) is 8.42 Å². The molecule has 0 fully saturated rings. The normalized spacial score (nSPS) is 13.3. The summed E-state index contributed by atoms with van der Waals surface area (Å²) in [6.07, 6.45) is 1.67. The molecule has 0 radical (unpaired) electrons. The molecular formula is C12H15BrN4O2S. The van der Waals surface area contributed by atoms with Crippen molar-refractivity contribution in [2.24, 2.45) is 5.73 Å². The fourth-order valence-electron chi connectivity index (χ4n) is 1.60. The minimum Gasteiger partial charge on any atom is -0.323 e. The van der Waals surface area contributed by atoms with Gasteiger partial charge < -0.3 is 5.73 Å². The Labute approximate surface area is 126 Å². The number of rotatable bonds is 5. The zero-order chi connectivity index (χ0) is 14.8. The molecule has 0 aliphatic carbocycles. The lowest BCUT2D eigenvalue weighted by Gasteiger charge is -2.04. The Hall–Kier alpha value is -1.25. The highest BCUT2D eigenvalue weighted by atomic mass is 79.9. The zero-order valence-corrected chi connectivity index (χ0v) is 13.3. The lowest BCUT2D eigenvalue weighted by Crippen LogP contribution is -2.13. The summed E-state index contributed by atoms with van der Waals surface area (Å²) < 4.78 is 26.6. The van der Waals surface area contributed by atoms with Crippen LogP contribution in [0.5, 0.6) is 0 Å². The van der Waals surface area contributed by atoms with Gasteiger partial charge in [0, 0.05) is 10.5 Å². The SMILES string of the molecule is CC(N)c1cn(CCS(=O)(=O)c2ccc(Br)cc2)nn1. The van der Waals surface area contributed by atoms with Crippen LogP contribution in [0.25, 0.3) is 0 Å². The van der Waals surface area contributed by atoms with Gasteiger partial charge in [0.15, 0.2) is 9.84 Å². The number of hydrogen-bond donors (Lipinski definition) is 1. The number of sulfone groups is 1. The van der Waals surface area contributed by atoms with E-state index in [4.69, 9.17) is 5.73 Å². The van der Waals surface area contributed by atoms with Gasteiger partial charge >= 0.3 is 0 Å².